The lowest BCUT2D eigenvalue weighted by Crippen LogP contribution is -1.85. The van der Waals surface area contributed by atoms with E-state index in [4.69, 9.17) is 0 Å². The molecule has 0 aliphatic carbocycles. The Hall–Kier alpha value is -2.74. The van der Waals surface area contributed by atoms with Gasteiger partial charge < -0.3 is 0 Å². The molecule has 132 valence electrons. The first-order valence-corrected chi connectivity index (χ1v) is 9.42. The zero-order valence-electron chi connectivity index (χ0n) is 15.7. The molecule has 0 saturated heterocycles. The minimum Gasteiger partial charge on any atom is -0.151 e. The summed E-state index contributed by atoms with van der Waals surface area (Å²) < 4.78 is 0. The molecule has 3 aromatic rings. The van der Waals surface area contributed by atoms with Gasteiger partial charge in [-0.1, -0.05) is 73.9 Å². The highest BCUT2D eigenvalue weighted by molar-refractivity contribution is 5.65. The van der Waals surface area contributed by atoms with Crippen LogP contribution in [0.25, 0.3) is 11.1 Å². The molecule has 2 nitrogen and oxygen atoms in total. The normalized spacial score (nSPS) is 11.2. The van der Waals surface area contributed by atoms with E-state index >= 15 is 0 Å². The van der Waals surface area contributed by atoms with Crippen LogP contribution in [-0.4, -0.2) is 0 Å². The number of azo groups is 1. The predicted molar refractivity (Wildman–Crippen MR) is 110 cm³/mol. The highest BCUT2D eigenvalue weighted by Gasteiger charge is 1.99. The lowest BCUT2D eigenvalue weighted by atomic mass is 10.0. The molecule has 0 amide bonds. The molecule has 0 atom stereocenters. The van der Waals surface area contributed by atoms with E-state index in [1.807, 2.05) is 36.4 Å². The second-order valence-electron chi connectivity index (χ2n) is 6.74. The molecule has 0 aliphatic heterocycles. The Labute approximate surface area is 156 Å². The fraction of sp³-hybridized carbons (Fsp3) is 0.250. The minimum atomic E-state index is 0.866. The lowest BCUT2D eigenvalue weighted by molar-refractivity contribution is 0.717. The Balaban J connectivity index is 1.64. The van der Waals surface area contributed by atoms with Crippen molar-refractivity contribution in [3.8, 4) is 11.1 Å². The molecule has 3 rings (SSSR count). The van der Waals surface area contributed by atoms with Crippen LogP contribution in [0.3, 0.4) is 0 Å². The molecule has 0 fully saturated rings. The van der Waals surface area contributed by atoms with Crippen LogP contribution in [0.15, 0.2) is 83.0 Å². The molecule has 0 N–H and O–H groups in total. The highest BCUT2D eigenvalue weighted by atomic mass is 15.1. The van der Waals surface area contributed by atoms with Gasteiger partial charge in [-0.05, 0) is 60.7 Å². The van der Waals surface area contributed by atoms with Gasteiger partial charge in [-0.15, -0.1) is 0 Å². The second kappa shape index (κ2) is 9.10. The van der Waals surface area contributed by atoms with Crippen LogP contribution < -0.4 is 0 Å². The summed E-state index contributed by atoms with van der Waals surface area (Å²) in [5.41, 5.74) is 6.84. The summed E-state index contributed by atoms with van der Waals surface area (Å²) in [5, 5.41) is 8.61. The second-order valence-corrected chi connectivity index (χ2v) is 6.74. The molecule has 0 unspecified atom stereocenters. The third kappa shape index (κ3) is 5.13. The van der Waals surface area contributed by atoms with Crippen LogP contribution in [0, 0.1) is 6.92 Å². The summed E-state index contributed by atoms with van der Waals surface area (Å²) in [4.78, 5) is 0. The van der Waals surface area contributed by atoms with E-state index in [1.54, 1.807) is 0 Å². The maximum absolute atomic E-state index is 4.32. The van der Waals surface area contributed by atoms with Crippen LogP contribution in [0.2, 0.25) is 0 Å². The van der Waals surface area contributed by atoms with E-state index in [0.29, 0.717) is 0 Å². The van der Waals surface area contributed by atoms with E-state index < -0.39 is 0 Å². The number of hydrogen-bond donors (Lipinski definition) is 0. The summed E-state index contributed by atoms with van der Waals surface area (Å²) in [6.07, 6.45) is 5.02. The Bertz CT molecular complexity index is 829. The molecule has 0 aliphatic rings. The van der Waals surface area contributed by atoms with Crippen molar-refractivity contribution in [3.63, 3.8) is 0 Å². The van der Waals surface area contributed by atoms with Crippen molar-refractivity contribution >= 4 is 11.4 Å². The molecule has 26 heavy (non-hydrogen) atoms. The fourth-order valence-electron chi connectivity index (χ4n) is 2.89. The molecule has 0 bridgehead atoms. The van der Waals surface area contributed by atoms with Gasteiger partial charge in [0.2, 0.25) is 0 Å². The van der Waals surface area contributed by atoms with Crippen molar-refractivity contribution < 1.29 is 0 Å². The molecule has 0 spiro atoms. The molecule has 3 aromatic carbocycles. The van der Waals surface area contributed by atoms with Gasteiger partial charge in [-0.3, -0.25) is 0 Å². The Kier molecular flexibility index (Phi) is 6.32. The van der Waals surface area contributed by atoms with E-state index in [-0.39, 0.29) is 0 Å². The summed E-state index contributed by atoms with van der Waals surface area (Å²) in [7, 11) is 0. The number of benzene rings is 3. The van der Waals surface area contributed by atoms with Gasteiger partial charge in [0.1, 0.15) is 0 Å². The van der Waals surface area contributed by atoms with Gasteiger partial charge >= 0.3 is 0 Å². The molecule has 0 radical (unpaired) electrons. The molecule has 0 saturated carbocycles. The Morgan fingerprint density at radius 3 is 1.65 bits per heavy atom. The third-order valence-corrected chi connectivity index (χ3v) is 4.54. The quantitative estimate of drug-likeness (QED) is 0.309. The van der Waals surface area contributed by atoms with Crippen LogP contribution >= 0.6 is 0 Å². The third-order valence-electron chi connectivity index (χ3n) is 4.54. The molecule has 0 aromatic heterocycles. The zero-order chi connectivity index (χ0) is 18.2. The maximum atomic E-state index is 4.32. The van der Waals surface area contributed by atoms with Crippen LogP contribution in [0.1, 0.15) is 37.3 Å². The van der Waals surface area contributed by atoms with Gasteiger partial charge in [0, 0.05) is 0 Å². The lowest BCUT2D eigenvalue weighted by Gasteiger charge is -2.05. The van der Waals surface area contributed by atoms with Gasteiger partial charge in [0.05, 0.1) is 11.4 Å². The summed E-state index contributed by atoms with van der Waals surface area (Å²) in [6.45, 7) is 4.31. The number of rotatable bonds is 7. The van der Waals surface area contributed by atoms with Gasteiger partial charge in [-0.2, -0.15) is 10.2 Å². The number of unbranched alkanes of at least 4 members (excludes halogenated alkanes) is 2. The largest absolute Gasteiger partial charge is 0.151 e. The van der Waals surface area contributed by atoms with E-state index in [0.717, 1.165) is 11.4 Å². The summed E-state index contributed by atoms with van der Waals surface area (Å²) in [6, 6.07) is 25.2. The standard InChI is InChI=1S/C24H26N2/c1-3-4-5-6-20-9-11-21(12-10-20)22-13-17-24(18-14-22)26-25-23-15-7-19(2)8-16-23/h7-18H,3-6H2,1-2H3. The van der Waals surface area contributed by atoms with Crippen molar-refractivity contribution in [1.82, 2.24) is 0 Å². The van der Waals surface area contributed by atoms with E-state index in [1.165, 1.54) is 47.9 Å². The molecular formula is C24H26N2. The first-order chi connectivity index (χ1) is 12.7. The van der Waals surface area contributed by atoms with Crippen molar-refractivity contribution in [2.75, 3.05) is 0 Å². The smallest absolute Gasteiger partial charge is 0.0857 e. The molecule has 0 heterocycles. The molecule has 2 heteroatoms. The van der Waals surface area contributed by atoms with Crippen LogP contribution in [0.4, 0.5) is 11.4 Å². The number of nitrogens with zero attached hydrogens (tertiary/aromatic N) is 2. The van der Waals surface area contributed by atoms with Crippen molar-refractivity contribution in [2.45, 2.75) is 39.5 Å². The SMILES string of the molecule is CCCCCc1ccc(-c2ccc(N=Nc3ccc(C)cc3)cc2)cc1. The minimum absolute atomic E-state index is 0.866. The van der Waals surface area contributed by atoms with Crippen LogP contribution in [-0.2, 0) is 6.42 Å². The number of aryl methyl sites for hydroxylation is 2. The zero-order valence-corrected chi connectivity index (χ0v) is 15.7. The summed E-state index contributed by atoms with van der Waals surface area (Å²) >= 11 is 0. The first-order valence-electron chi connectivity index (χ1n) is 9.42. The topological polar surface area (TPSA) is 24.7 Å². The Morgan fingerprint density at radius 2 is 1.12 bits per heavy atom. The van der Waals surface area contributed by atoms with Crippen LogP contribution in [0.5, 0.6) is 0 Å². The Morgan fingerprint density at radius 1 is 0.615 bits per heavy atom. The molecular weight excluding hydrogens is 316 g/mol. The van der Waals surface area contributed by atoms with Crippen molar-refractivity contribution in [3.05, 3.63) is 83.9 Å². The fourth-order valence-corrected chi connectivity index (χ4v) is 2.89. The van der Waals surface area contributed by atoms with Gasteiger partial charge in [0.25, 0.3) is 0 Å². The predicted octanol–water partition coefficient (Wildman–Crippen LogP) is 7.81. The highest BCUT2D eigenvalue weighted by Crippen LogP contribution is 2.25. The monoisotopic (exact) mass is 342 g/mol. The number of hydrogen-bond acceptors (Lipinski definition) is 2. The van der Waals surface area contributed by atoms with Crippen molar-refractivity contribution in [2.24, 2.45) is 10.2 Å². The maximum Gasteiger partial charge on any atom is 0.0857 e. The average molecular weight is 342 g/mol. The first kappa shape index (κ1) is 18.1. The van der Waals surface area contributed by atoms with Gasteiger partial charge in [0.15, 0.2) is 0 Å². The van der Waals surface area contributed by atoms with E-state index in [9.17, 15) is 0 Å². The van der Waals surface area contributed by atoms with E-state index in [2.05, 4.69) is 60.5 Å². The summed E-state index contributed by atoms with van der Waals surface area (Å²) in [5.74, 6) is 0. The van der Waals surface area contributed by atoms with Gasteiger partial charge in [-0.25, -0.2) is 0 Å². The average Bonchev–Trinajstić information content (AvgIpc) is 2.69. The van der Waals surface area contributed by atoms with Crippen molar-refractivity contribution in [1.29, 1.82) is 0 Å².